The molecule has 2 N–H and O–H groups in total. The molecule has 1 aromatic rings. The molecule has 0 fully saturated rings. The van der Waals surface area contributed by atoms with Gasteiger partial charge in [-0.1, -0.05) is 0 Å². The van der Waals surface area contributed by atoms with Crippen molar-refractivity contribution in [1.82, 2.24) is 15.0 Å². The second-order valence-electron chi connectivity index (χ2n) is 4.89. The number of anilines is 1. The number of nitrogens with zero attached hydrogens (tertiary/aromatic N) is 3. The average molecular weight is 341 g/mol. The fourth-order valence-corrected chi connectivity index (χ4v) is 2.12. The van der Waals surface area contributed by atoms with E-state index in [1.807, 2.05) is 5.32 Å². The maximum atomic E-state index is 13.9. The molecule has 5 nitrogen and oxygen atoms in total. The van der Waals surface area contributed by atoms with Gasteiger partial charge >= 0.3 is 6.18 Å². The standard InChI is InChI=1S/C12H13ClF4N4O/c1-5(12(15,16)17)18-11-20-9(19-10(13)21-11)6-3-2-4-7(22)8(6)14/h5,7,22H,2-4H2,1H3,(H,18,19,20,21)/t5-,7-/m1/s1. The summed E-state index contributed by atoms with van der Waals surface area (Å²) in [4.78, 5) is 11.0. The van der Waals surface area contributed by atoms with E-state index in [2.05, 4.69) is 15.0 Å². The predicted molar refractivity (Wildman–Crippen MR) is 71.9 cm³/mol. The summed E-state index contributed by atoms with van der Waals surface area (Å²) in [5.41, 5.74) is 0.0331. The van der Waals surface area contributed by atoms with E-state index in [1.54, 1.807) is 0 Å². The molecular weight excluding hydrogens is 328 g/mol. The van der Waals surface area contributed by atoms with Crippen LogP contribution in [-0.2, 0) is 0 Å². The van der Waals surface area contributed by atoms with Crippen molar-refractivity contribution in [3.8, 4) is 0 Å². The van der Waals surface area contributed by atoms with Gasteiger partial charge in [-0.2, -0.15) is 28.1 Å². The minimum atomic E-state index is -4.50. The van der Waals surface area contributed by atoms with Gasteiger partial charge in [0.2, 0.25) is 11.2 Å². The van der Waals surface area contributed by atoms with Crippen LogP contribution in [0.3, 0.4) is 0 Å². The van der Waals surface area contributed by atoms with Crippen LogP contribution in [0.25, 0.3) is 5.57 Å². The lowest BCUT2D eigenvalue weighted by atomic mass is 9.96. The van der Waals surface area contributed by atoms with Gasteiger partial charge in [-0.3, -0.25) is 0 Å². The highest BCUT2D eigenvalue weighted by atomic mass is 35.5. The average Bonchev–Trinajstić information content (AvgIpc) is 2.40. The molecule has 0 saturated carbocycles. The number of halogens is 5. The predicted octanol–water partition coefficient (Wildman–Crippen LogP) is 3.11. The van der Waals surface area contributed by atoms with Crippen LogP contribution in [0.4, 0.5) is 23.5 Å². The number of aliphatic hydroxyl groups excluding tert-OH is 1. The Morgan fingerprint density at radius 2 is 2.00 bits per heavy atom. The Morgan fingerprint density at radius 3 is 2.64 bits per heavy atom. The molecule has 10 heteroatoms. The van der Waals surface area contributed by atoms with Crippen LogP contribution in [0, 0.1) is 0 Å². The van der Waals surface area contributed by atoms with Crippen LogP contribution in [0.1, 0.15) is 32.0 Å². The molecule has 0 unspecified atom stereocenters. The summed E-state index contributed by atoms with van der Waals surface area (Å²) in [7, 11) is 0. The van der Waals surface area contributed by atoms with E-state index in [0.29, 0.717) is 6.42 Å². The molecular formula is C12H13ClF4N4O. The molecule has 22 heavy (non-hydrogen) atoms. The van der Waals surface area contributed by atoms with E-state index in [0.717, 1.165) is 6.92 Å². The number of hydrogen-bond donors (Lipinski definition) is 2. The second-order valence-corrected chi connectivity index (χ2v) is 5.23. The van der Waals surface area contributed by atoms with Gasteiger partial charge in [0.1, 0.15) is 18.0 Å². The Bertz CT molecular complexity index is 593. The van der Waals surface area contributed by atoms with Crippen molar-refractivity contribution in [2.24, 2.45) is 0 Å². The third kappa shape index (κ3) is 3.83. The molecule has 1 aliphatic rings. The molecule has 0 aromatic carbocycles. The van der Waals surface area contributed by atoms with Crippen molar-refractivity contribution in [2.75, 3.05) is 5.32 Å². The van der Waals surface area contributed by atoms with E-state index in [4.69, 9.17) is 11.6 Å². The number of alkyl halides is 3. The lowest BCUT2D eigenvalue weighted by Gasteiger charge is -2.20. The normalized spacial score (nSPS) is 21.0. The van der Waals surface area contributed by atoms with Gasteiger partial charge in [-0.05, 0) is 37.8 Å². The summed E-state index contributed by atoms with van der Waals surface area (Å²) >= 11 is 5.66. The summed E-state index contributed by atoms with van der Waals surface area (Å²) in [5.74, 6) is -1.36. The number of rotatable bonds is 3. The molecule has 0 spiro atoms. The van der Waals surface area contributed by atoms with Gasteiger partial charge in [0.05, 0.1) is 0 Å². The first-order valence-electron chi connectivity index (χ1n) is 6.50. The summed E-state index contributed by atoms with van der Waals surface area (Å²) in [6.45, 7) is 0.890. The zero-order chi connectivity index (χ0) is 16.5. The van der Waals surface area contributed by atoms with Crippen LogP contribution >= 0.6 is 11.6 Å². The molecule has 2 atom stereocenters. The van der Waals surface area contributed by atoms with Crippen molar-refractivity contribution in [3.63, 3.8) is 0 Å². The largest absolute Gasteiger partial charge is 0.408 e. The summed E-state index contributed by atoms with van der Waals surface area (Å²) < 4.78 is 51.5. The Morgan fingerprint density at radius 1 is 1.32 bits per heavy atom. The van der Waals surface area contributed by atoms with Crippen LogP contribution in [-0.4, -0.2) is 38.4 Å². The highest BCUT2D eigenvalue weighted by Crippen LogP contribution is 2.32. The summed E-state index contributed by atoms with van der Waals surface area (Å²) in [5, 5.41) is 11.2. The van der Waals surface area contributed by atoms with Crippen LogP contribution in [0.2, 0.25) is 5.28 Å². The number of aliphatic hydroxyl groups is 1. The summed E-state index contributed by atoms with van der Waals surface area (Å²) in [6.07, 6.45) is -4.72. The fourth-order valence-electron chi connectivity index (χ4n) is 1.96. The molecule has 0 radical (unpaired) electrons. The SMILES string of the molecule is C[C@@H](Nc1nc(Cl)nc(C2=C(F)[C@H](O)CCC2)n1)C(F)(F)F. The zero-order valence-corrected chi connectivity index (χ0v) is 12.2. The number of hydrogen-bond acceptors (Lipinski definition) is 5. The van der Waals surface area contributed by atoms with E-state index in [9.17, 15) is 22.7 Å². The van der Waals surface area contributed by atoms with E-state index >= 15 is 0 Å². The van der Waals surface area contributed by atoms with Crippen molar-refractivity contribution in [2.45, 2.75) is 44.5 Å². The monoisotopic (exact) mass is 340 g/mol. The molecule has 1 aromatic heterocycles. The third-order valence-electron chi connectivity index (χ3n) is 3.20. The van der Waals surface area contributed by atoms with E-state index < -0.39 is 30.1 Å². The third-order valence-corrected chi connectivity index (χ3v) is 3.37. The first kappa shape index (κ1) is 16.9. The van der Waals surface area contributed by atoms with Crippen LogP contribution in [0.15, 0.2) is 5.83 Å². The van der Waals surface area contributed by atoms with Gasteiger partial charge in [-0.15, -0.1) is 0 Å². The zero-order valence-electron chi connectivity index (χ0n) is 11.5. The van der Waals surface area contributed by atoms with Crippen LogP contribution < -0.4 is 5.32 Å². The maximum absolute atomic E-state index is 13.9. The second kappa shape index (κ2) is 6.33. The van der Waals surface area contributed by atoms with Crippen molar-refractivity contribution < 1.29 is 22.7 Å². The Kier molecular flexibility index (Phi) is 4.86. The lowest BCUT2D eigenvalue weighted by molar-refractivity contribution is -0.138. The van der Waals surface area contributed by atoms with Crippen molar-refractivity contribution >= 4 is 23.1 Å². The molecule has 122 valence electrons. The first-order chi connectivity index (χ1) is 10.2. The smallest absolute Gasteiger partial charge is 0.386 e. The molecule has 0 amide bonds. The van der Waals surface area contributed by atoms with Gasteiger partial charge in [0, 0.05) is 5.57 Å². The topological polar surface area (TPSA) is 70.9 Å². The highest BCUT2D eigenvalue weighted by Gasteiger charge is 2.36. The Labute approximate surface area is 128 Å². The minimum Gasteiger partial charge on any atom is -0.386 e. The molecule has 0 bridgehead atoms. The number of nitrogens with one attached hydrogen (secondary N) is 1. The highest BCUT2D eigenvalue weighted by molar-refractivity contribution is 6.28. The van der Waals surface area contributed by atoms with Crippen LogP contribution in [0.5, 0.6) is 0 Å². The molecule has 1 aliphatic carbocycles. The van der Waals surface area contributed by atoms with Crippen molar-refractivity contribution in [3.05, 3.63) is 16.9 Å². The summed E-state index contributed by atoms with van der Waals surface area (Å²) in [6, 6.07) is -1.91. The van der Waals surface area contributed by atoms with Gasteiger partial charge < -0.3 is 10.4 Å². The van der Waals surface area contributed by atoms with E-state index in [-0.39, 0.29) is 29.5 Å². The molecule has 0 saturated heterocycles. The lowest BCUT2D eigenvalue weighted by Crippen LogP contribution is -2.34. The number of allylic oxidation sites excluding steroid dienone is 1. The van der Waals surface area contributed by atoms with Crippen molar-refractivity contribution in [1.29, 1.82) is 0 Å². The maximum Gasteiger partial charge on any atom is 0.408 e. The van der Waals surface area contributed by atoms with E-state index in [1.165, 1.54) is 0 Å². The Hall–Kier alpha value is -1.48. The van der Waals surface area contributed by atoms with Gasteiger partial charge in [0.15, 0.2) is 5.82 Å². The fraction of sp³-hybridized carbons (Fsp3) is 0.583. The molecule has 1 heterocycles. The first-order valence-corrected chi connectivity index (χ1v) is 6.88. The minimum absolute atomic E-state index is 0.0331. The van der Waals surface area contributed by atoms with Gasteiger partial charge in [0.25, 0.3) is 0 Å². The molecule has 2 rings (SSSR count). The quantitative estimate of drug-likeness (QED) is 0.827. The van der Waals surface area contributed by atoms with Gasteiger partial charge in [-0.25, -0.2) is 4.39 Å². The number of aromatic nitrogens is 3. The Balaban J connectivity index is 2.33. The molecule has 0 aliphatic heterocycles.